The zero-order chi connectivity index (χ0) is 25.1. The van der Waals surface area contributed by atoms with Gasteiger partial charge in [0.1, 0.15) is 0 Å². The van der Waals surface area contributed by atoms with E-state index in [9.17, 15) is 9.59 Å². The molecule has 0 saturated carbocycles. The molecule has 0 spiro atoms. The van der Waals surface area contributed by atoms with Crippen LogP contribution in [0.4, 0.5) is 0 Å². The van der Waals surface area contributed by atoms with Crippen molar-refractivity contribution in [2.75, 3.05) is 25.3 Å². The molecule has 2 aromatic carbocycles. The lowest BCUT2D eigenvalue weighted by atomic mass is 10.1. The topological polar surface area (TPSA) is 80.9 Å². The number of fused-ring (bicyclic) bond motifs is 4. The SMILES string of the molecule is O=Cc1cn(CCCCl)c2cc3c(cc12)OCO3.O=Cc1cn(CCCCl)c2cc3c(cc12)OCO3. The standard InChI is InChI=1S/2C13H12ClNO3/c2*14-2-1-3-15-6-9(7-16)10-4-12-13(5-11(10)15)18-8-17-12/h2*4-7H,1-3,8H2. The largest absolute Gasteiger partial charge is 0.454 e. The van der Waals surface area contributed by atoms with Gasteiger partial charge < -0.3 is 28.1 Å². The molecule has 0 atom stereocenters. The maximum Gasteiger partial charge on any atom is 0.231 e. The number of carbonyl (C=O) groups excluding carboxylic acids is 2. The van der Waals surface area contributed by atoms with Crippen molar-refractivity contribution in [3.8, 4) is 23.0 Å². The van der Waals surface area contributed by atoms with Crippen molar-refractivity contribution < 1.29 is 28.5 Å². The molecule has 2 aliphatic heterocycles. The first kappa shape index (κ1) is 24.3. The zero-order valence-corrected chi connectivity index (χ0v) is 20.9. The highest BCUT2D eigenvalue weighted by Gasteiger charge is 2.19. The third kappa shape index (κ3) is 4.58. The van der Waals surface area contributed by atoms with Crippen molar-refractivity contribution >= 4 is 57.6 Å². The van der Waals surface area contributed by atoms with Gasteiger partial charge in [0.25, 0.3) is 0 Å². The number of ether oxygens (including phenoxy) is 4. The Hall–Kier alpha value is -3.36. The van der Waals surface area contributed by atoms with Gasteiger partial charge in [-0.05, 0) is 25.0 Å². The maximum absolute atomic E-state index is 11.1. The summed E-state index contributed by atoms with van der Waals surface area (Å²) in [5, 5.41) is 1.78. The molecule has 188 valence electrons. The Bertz CT molecular complexity index is 1320. The normalized spacial score (nSPS) is 13.2. The van der Waals surface area contributed by atoms with Crippen molar-refractivity contribution in [1.82, 2.24) is 9.13 Å². The van der Waals surface area contributed by atoms with Gasteiger partial charge >= 0.3 is 0 Å². The molecule has 0 N–H and O–H groups in total. The van der Waals surface area contributed by atoms with E-state index in [1.165, 1.54) is 0 Å². The average Bonchev–Trinajstić information content (AvgIpc) is 3.68. The monoisotopic (exact) mass is 530 g/mol. The van der Waals surface area contributed by atoms with Crippen molar-refractivity contribution in [1.29, 1.82) is 0 Å². The molecule has 8 nitrogen and oxygen atoms in total. The Morgan fingerprint density at radius 2 is 1.06 bits per heavy atom. The molecule has 0 amide bonds. The molecule has 4 aromatic rings. The second-order valence-electron chi connectivity index (χ2n) is 8.32. The average molecular weight is 531 g/mol. The van der Waals surface area contributed by atoms with E-state index in [4.69, 9.17) is 42.1 Å². The van der Waals surface area contributed by atoms with Crippen LogP contribution < -0.4 is 18.9 Å². The van der Waals surface area contributed by atoms with Gasteiger partial charge in [-0.2, -0.15) is 0 Å². The summed E-state index contributed by atoms with van der Waals surface area (Å²) in [6.45, 7) is 2.04. The van der Waals surface area contributed by atoms with Gasteiger partial charge in [0.2, 0.25) is 13.6 Å². The Kier molecular flexibility index (Phi) is 7.25. The number of benzene rings is 2. The minimum Gasteiger partial charge on any atom is -0.454 e. The number of halogens is 2. The highest BCUT2D eigenvalue weighted by molar-refractivity contribution is 6.18. The first-order valence-electron chi connectivity index (χ1n) is 11.5. The summed E-state index contributed by atoms with van der Waals surface area (Å²) >= 11 is 11.4. The predicted octanol–water partition coefficient (Wildman–Crippen LogP) is 5.62. The fourth-order valence-corrected chi connectivity index (χ4v) is 4.67. The van der Waals surface area contributed by atoms with E-state index in [1.807, 2.05) is 45.8 Å². The first-order chi connectivity index (χ1) is 17.7. The van der Waals surface area contributed by atoms with Crippen LogP contribution in [0.3, 0.4) is 0 Å². The number of aldehydes is 2. The number of nitrogens with zero attached hydrogens (tertiary/aromatic N) is 2. The van der Waals surface area contributed by atoms with Crippen LogP contribution in [0.2, 0.25) is 0 Å². The molecule has 0 saturated heterocycles. The number of hydrogen-bond acceptors (Lipinski definition) is 6. The predicted molar refractivity (Wildman–Crippen MR) is 138 cm³/mol. The molecule has 0 radical (unpaired) electrons. The smallest absolute Gasteiger partial charge is 0.231 e. The van der Waals surface area contributed by atoms with E-state index < -0.39 is 0 Å². The number of aromatic nitrogens is 2. The van der Waals surface area contributed by atoms with Crippen LogP contribution >= 0.6 is 23.2 Å². The molecule has 0 fully saturated rings. The first-order valence-corrected chi connectivity index (χ1v) is 12.6. The van der Waals surface area contributed by atoms with Gasteiger partial charge in [-0.1, -0.05) is 0 Å². The molecule has 2 aliphatic rings. The van der Waals surface area contributed by atoms with E-state index in [2.05, 4.69) is 0 Å². The number of carbonyl (C=O) groups is 2. The Balaban J connectivity index is 0.000000148. The lowest BCUT2D eigenvalue weighted by molar-refractivity contribution is 0.111. The maximum atomic E-state index is 11.1. The van der Waals surface area contributed by atoms with Gasteiger partial charge in [-0.3, -0.25) is 9.59 Å². The molecular weight excluding hydrogens is 507 g/mol. The summed E-state index contributed by atoms with van der Waals surface area (Å²) in [6.07, 6.45) is 7.14. The number of aryl methyl sites for hydroxylation is 2. The second kappa shape index (κ2) is 10.7. The lowest BCUT2D eigenvalue weighted by Gasteiger charge is -2.04. The minimum absolute atomic E-state index is 0.236. The third-order valence-corrected chi connectivity index (χ3v) is 6.67. The molecule has 0 aliphatic carbocycles. The van der Waals surface area contributed by atoms with Gasteiger partial charge in [-0.15, -0.1) is 23.2 Å². The Morgan fingerprint density at radius 3 is 1.42 bits per heavy atom. The van der Waals surface area contributed by atoms with Crippen LogP contribution in [0, 0.1) is 0 Å². The second-order valence-corrected chi connectivity index (χ2v) is 9.08. The lowest BCUT2D eigenvalue weighted by Crippen LogP contribution is -1.96. The summed E-state index contributed by atoms with van der Waals surface area (Å²) in [6, 6.07) is 7.55. The Labute approximate surface area is 217 Å². The molecular formula is C26H24Cl2N2O6. The zero-order valence-electron chi connectivity index (χ0n) is 19.4. The van der Waals surface area contributed by atoms with Crippen molar-refractivity contribution in [3.63, 3.8) is 0 Å². The summed E-state index contributed by atoms with van der Waals surface area (Å²) in [4.78, 5) is 22.2. The third-order valence-electron chi connectivity index (χ3n) is 6.13. The van der Waals surface area contributed by atoms with Gasteiger partial charge in [0, 0.05) is 71.3 Å². The minimum atomic E-state index is 0.236. The van der Waals surface area contributed by atoms with Crippen LogP contribution in [0.1, 0.15) is 33.6 Å². The van der Waals surface area contributed by atoms with Gasteiger partial charge in [-0.25, -0.2) is 0 Å². The van der Waals surface area contributed by atoms with E-state index in [1.54, 1.807) is 0 Å². The highest BCUT2D eigenvalue weighted by atomic mass is 35.5. The van der Waals surface area contributed by atoms with Crippen LogP contribution in [0.25, 0.3) is 21.8 Å². The molecule has 0 unspecified atom stereocenters. The molecule has 36 heavy (non-hydrogen) atoms. The summed E-state index contributed by atoms with van der Waals surface area (Å²) in [5.74, 6) is 4.04. The summed E-state index contributed by atoms with van der Waals surface area (Å²) in [5.41, 5.74) is 3.29. The number of alkyl halides is 2. The van der Waals surface area contributed by atoms with E-state index in [0.29, 0.717) is 34.4 Å². The molecule has 10 heteroatoms. The van der Waals surface area contributed by atoms with Crippen molar-refractivity contribution in [2.45, 2.75) is 25.9 Å². The van der Waals surface area contributed by atoms with Crippen molar-refractivity contribution in [2.24, 2.45) is 0 Å². The summed E-state index contributed by atoms with van der Waals surface area (Å²) in [7, 11) is 0. The van der Waals surface area contributed by atoms with Crippen molar-refractivity contribution in [3.05, 3.63) is 47.8 Å². The number of hydrogen-bond donors (Lipinski definition) is 0. The fraction of sp³-hybridized carbons (Fsp3) is 0.308. The number of rotatable bonds is 8. The quantitative estimate of drug-likeness (QED) is 0.217. The van der Waals surface area contributed by atoms with E-state index in [0.717, 1.165) is 71.8 Å². The molecule has 0 bridgehead atoms. The van der Waals surface area contributed by atoms with Gasteiger partial charge in [0.05, 0.1) is 11.0 Å². The molecule has 6 rings (SSSR count). The van der Waals surface area contributed by atoms with E-state index in [-0.39, 0.29) is 13.6 Å². The Morgan fingerprint density at radius 1 is 0.667 bits per heavy atom. The fourth-order valence-electron chi connectivity index (χ4n) is 4.43. The van der Waals surface area contributed by atoms with Gasteiger partial charge in [0.15, 0.2) is 35.6 Å². The van der Waals surface area contributed by atoms with Crippen LogP contribution in [0.5, 0.6) is 23.0 Å². The van der Waals surface area contributed by atoms with E-state index >= 15 is 0 Å². The van der Waals surface area contributed by atoms with Crippen LogP contribution in [-0.2, 0) is 13.1 Å². The molecule has 4 heterocycles. The van der Waals surface area contributed by atoms with Crippen LogP contribution in [0.15, 0.2) is 36.7 Å². The highest BCUT2D eigenvalue weighted by Crippen LogP contribution is 2.38. The molecule has 2 aromatic heterocycles. The summed E-state index contributed by atoms with van der Waals surface area (Å²) < 4.78 is 25.4. The van der Waals surface area contributed by atoms with Crippen LogP contribution in [-0.4, -0.2) is 47.1 Å².